The maximum Gasteiger partial charge on any atom is 0.324 e. The molecule has 2 heterocycles. The van der Waals surface area contributed by atoms with Crippen LogP contribution in [0.4, 0.5) is 0 Å². The quantitative estimate of drug-likeness (QED) is 0.501. The van der Waals surface area contributed by atoms with Gasteiger partial charge in [0, 0.05) is 6.54 Å². The smallest absolute Gasteiger partial charge is 0.324 e. The summed E-state index contributed by atoms with van der Waals surface area (Å²) in [6, 6.07) is 12.0. The number of hydrogen-bond donors (Lipinski definition) is 0. The zero-order valence-corrected chi connectivity index (χ0v) is 17.8. The second-order valence-corrected chi connectivity index (χ2v) is 9.45. The van der Waals surface area contributed by atoms with Crippen molar-refractivity contribution in [3.63, 3.8) is 0 Å². The van der Waals surface area contributed by atoms with Gasteiger partial charge in [0.05, 0.1) is 22.6 Å². The molecule has 2 aromatic carbocycles. The highest BCUT2D eigenvalue weighted by Crippen LogP contribution is 2.27. The molecule has 2 amide bonds. The molecule has 8 nitrogen and oxygen atoms in total. The van der Waals surface area contributed by atoms with E-state index in [1.54, 1.807) is 36.4 Å². The predicted molar refractivity (Wildman–Crippen MR) is 111 cm³/mol. The van der Waals surface area contributed by atoms with Crippen molar-refractivity contribution < 1.29 is 27.5 Å². The van der Waals surface area contributed by atoms with Crippen molar-refractivity contribution in [3.05, 3.63) is 65.2 Å². The number of benzene rings is 2. The summed E-state index contributed by atoms with van der Waals surface area (Å²) < 4.78 is 32.4. The number of nitrogens with zero attached hydrogens (tertiary/aromatic N) is 2. The third-order valence-corrected chi connectivity index (χ3v) is 7.46. The second kappa shape index (κ2) is 8.24. The zero-order chi connectivity index (χ0) is 22.2. The topological polar surface area (TPSA) is 101 Å². The lowest BCUT2D eigenvalue weighted by molar-refractivity contribution is -0.147. The lowest BCUT2D eigenvalue weighted by Gasteiger charge is -2.23. The van der Waals surface area contributed by atoms with Gasteiger partial charge in [-0.2, -0.15) is 4.31 Å². The highest BCUT2D eigenvalue weighted by molar-refractivity contribution is 7.89. The number of rotatable bonds is 6. The van der Waals surface area contributed by atoms with Crippen LogP contribution in [0.1, 0.15) is 39.1 Å². The highest BCUT2D eigenvalue weighted by atomic mass is 32.2. The Labute approximate surface area is 180 Å². The molecular weight excluding hydrogens is 420 g/mol. The average Bonchev–Trinajstić information content (AvgIpc) is 3.35. The van der Waals surface area contributed by atoms with E-state index in [4.69, 9.17) is 4.74 Å². The van der Waals surface area contributed by atoms with E-state index in [0.717, 1.165) is 10.5 Å². The van der Waals surface area contributed by atoms with Gasteiger partial charge in [-0.3, -0.25) is 19.3 Å². The summed E-state index contributed by atoms with van der Waals surface area (Å²) in [4.78, 5) is 38.6. The van der Waals surface area contributed by atoms with E-state index in [1.807, 2.05) is 6.92 Å². The minimum Gasteiger partial charge on any atom is -0.463 e. The first-order chi connectivity index (χ1) is 14.8. The van der Waals surface area contributed by atoms with Crippen LogP contribution in [0.3, 0.4) is 0 Å². The fourth-order valence-electron chi connectivity index (χ4n) is 3.88. The van der Waals surface area contributed by atoms with Crippen LogP contribution >= 0.6 is 0 Å². The molecule has 0 saturated carbocycles. The van der Waals surface area contributed by atoms with Gasteiger partial charge in [0.25, 0.3) is 11.8 Å². The van der Waals surface area contributed by atoms with Gasteiger partial charge in [-0.1, -0.05) is 29.8 Å². The van der Waals surface area contributed by atoms with Crippen molar-refractivity contribution in [2.24, 2.45) is 0 Å². The van der Waals surface area contributed by atoms with Crippen LogP contribution in [0, 0.1) is 6.92 Å². The number of hydrogen-bond acceptors (Lipinski definition) is 6. The van der Waals surface area contributed by atoms with E-state index in [2.05, 4.69) is 0 Å². The van der Waals surface area contributed by atoms with Gasteiger partial charge in [-0.25, -0.2) is 8.42 Å². The molecule has 2 aliphatic heterocycles. The van der Waals surface area contributed by atoms with Gasteiger partial charge in [0.1, 0.15) is 12.6 Å². The molecule has 1 atom stereocenters. The van der Waals surface area contributed by atoms with Crippen LogP contribution in [0.2, 0.25) is 0 Å². The molecule has 2 aliphatic rings. The summed E-state index contributed by atoms with van der Waals surface area (Å²) in [6.45, 7) is 1.81. The Kier molecular flexibility index (Phi) is 5.63. The van der Waals surface area contributed by atoms with Crippen molar-refractivity contribution in [2.45, 2.75) is 30.7 Å². The molecule has 1 fully saturated rings. The number of ether oxygens (including phenoxy) is 1. The number of sulfonamides is 1. The van der Waals surface area contributed by atoms with Gasteiger partial charge in [0.2, 0.25) is 10.0 Å². The Morgan fingerprint density at radius 3 is 2.26 bits per heavy atom. The standard InChI is InChI=1S/C22H22N2O6S/c1-15-8-10-16(11-9-15)31(28,29)24-12-4-7-19(24)22(27)30-14-13-23-20(25)17-5-2-3-6-18(17)21(23)26/h2-3,5-6,8-11,19H,4,7,12-14H2,1H3/t19-/m1/s1. The Morgan fingerprint density at radius 2 is 1.65 bits per heavy atom. The van der Waals surface area contributed by atoms with Gasteiger partial charge < -0.3 is 4.74 Å². The number of imide groups is 1. The molecule has 1 saturated heterocycles. The lowest BCUT2D eigenvalue weighted by atomic mass is 10.1. The van der Waals surface area contributed by atoms with Crippen molar-refractivity contribution in [1.82, 2.24) is 9.21 Å². The Morgan fingerprint density at radius 1 is 1.03 bits per heavy atom. The minimum atomic E-state index is -3.83. The van der Waals surface area contributed by atoms with E-state index in [9.17, 15) is 22.8 Å². The largest absolute Gasteiger partial charge is 0.463 e. The Balaban J connectivity index is 1.39. The summed E-state index contributed by atoms with van der Waals surface area (Å²) in [5, 5.41) is 0. The monoisotopic (exact) mass is 442 g/mol. The van der Waals surface area contributed by atoms with E-state index in [1.165, 1.54) is 16.4 Å². The fourth-order valence-corrected chi connectivity index (χ4v) is 5.53. The summed E-state index contributed by atoms with van der Waals surface area (Å²) in [5.41, 5.74) is 1.58. The fraction of sp³-hybridized carbons (Fsp3) is 0.318. The number of amides is 2. The summed E-state index contributed by atoms with van der Waals surface area (Å²) in [7, 11) is -3.83. The molecule has 0 bridgehead atoms. The molecule has 2 aromatic rings. The minimum absolute atomic E-state index is 0.0878. The molecule has 4 rings (SSSR count). The van der Waals surface area contributed by atoms with Gasteiger partial charge in [0.15, 0.2) is 0 Å². The van der Waals surface area contributed by atoms with Crippen molar-refractivity contribution in [3.8, 4) is 0 Å². The van der Waals surface area contributed by atoms with Crippen molar-refractivity contribution >= 4 is 27.8 Å². The predicted octanol–water partition coefficient (Wildman–Crippen LogP) is 1.99. The molecule has 0 N–H and O–H groups in total. The summed E-state index contributed by atoms with van der Waals surface area (Å²) in [6.07, 6.45) is 0.903. The lowest BCUT2D eigenvalue weighted by Crippen LogP contribution is -2.42. The average molecular weight is 442 g/mol. The van der Waals surface area contributed by atoms with E-state index in [0.29, 0.717) is 24.0 Å². The number of fused-ring (bicyclic) bond motifs is 1. The van der Waals surface area contributed by atoms with Gasteiger partial charge in [-0.15, -0.1) is 0 Å². The maximum atomic E-state index is 13.0. The molecule has 0 unspecified atom stereocenters. The summed E-state index contributed by atoms with van der Waals surface area (Å²) in [5.74, 6) is -1.54. The van der Waals surface area contributed by atoms with Crippen LogP contribution in [-0.2, 0) is 19.6 Å². The van der Waals surface area contributed by atoms with Crippen LogP contribution in [0.25, 0.3) is 0 Å². The summed E-state index contributed by atoms with van der Waals surface area (Å²) >= 11 is 0. The molecule has 162 valence electrons. The third kappa shape index (κ3) is 3.86. The first-order valence-electron chi connectivity index (χ1n) is 10.0. The molecule has 0 aliphatic carbocycles. The molecule has 31 heavy (non-hydrogen) atoms. The van der Waals surface area contributed by atoms with E-state index in [-0.39, 0.29) is 24.6 Å². The second-order valence-electron chi connectivity index (χ2n) is 7.56. The molecule has 9 heteroatoms. The number of aryl methyl sites for hydroxylation is 1. The molecule has 0 spiro atoms. The van der Waals surface area contributed by atoms with Crippen LogP contribution in [0.5, 0.6) is 0 Å². The maximum absolute atomic E-state index is 13.0. The third-order valence-electron chi connectivity index (χ3n) is 5.54. The number of esters is 1. The molecule has 0 radical (unpaired) electrons. The first-order valence-corrected chi connectivity index (χ1v) is 11.4. The van der Waals surface area contributed by atoms with Crippen LogP contribution in [-0.4, -0.2) is 61.1 Å². The zero-order valence-electron chi connectivity index (χ0n) is 17.0. The van der Waals surface area contributed by atoms with Crippen LogP contribution < -0.4 is 0 Å². The van der Waals surface area contributed by atoms with Crippen molar-refractivity contribution in [2.75, 3.05) is 19.7 Å². The van der Waals surface area contributed by atoms with E-state index < -0.39 is 33.8 Å². The normalized spacial score (nSPS) is 19.0. The van der Waals surface area contributed by atoms with Crippen LogP contribution in [0.15, 0.2) is 53.4 Å². The van der Waals surface area contributed by atoms with Gasteiger partial charge in [-0.05, 0) is 44.0 Å². The number of carbonyl (C=O) groups excluding carboxylic acids is 3. The van der Waals surface area contributed by atoms with E-state index >= 15 is 0 Å². The Bertz CT molecular complexity index is 1110. The SMILES string of the molecule is Cc1ccc(S(=O)(=O)N2CCC[C@@H]2C(=O)OCCN2C(=O)c3ccccc3C2=O)cc1. The molecular formula is C22H22N2O6S. The number of carbonyl (C=O) groups is 3. The highest BCUT2D eigenvalue weighted by Gasteiger charge is 2.41. The molecule has 0 aromatic heterocycles. The van der Waals surface area contributed by atoms with Gasteiger partial charge >= 0.3 is 5.97 Å². The first kappa shape index (κ1) is 21.2. The van der Waals surface area contributed by atoms with Crippen molar-refractivity contribution in [1.29, 1.82) is 0 Å². The Hall–Kier alpha value is -3.04.